The lowest BCUT2D eigenvalue weighted by molar-refractivity contribution is -0.775. The molecule has 0 spiro atoms. The number of nitrogens with zero attached hydrogens (tertiary/aromatic N) is 1. The third-order valence-electron chi connectivity index (χ3n) is 0.698. The fraction of sp³-hybridized carbons (Fsp3) is 1.00. The lowest BCUT2D eigenvalue weighted by Gasteiger charge is -2.19. The van der Waals surface area contributed by atoms with E-state index in [1.165, 1.54) is 0 Å². The molecule has 0 aliphatic rings. The topological polar surface area (TPSA) is 20.2 Å². The lowest BCUT2D eigenvalue weighted by Crippen LogP contribution is -3.00. The zero-order valence-corrected chi connectivity index (χ0v) is 7.45. The van der Waals surface area contributed by atoms with E-state index in [9.17, 15) is 0 Å². The molecule has 0 rings (SSSR count). The zero-order valence-electron chi connectivity index (χ0n) is 5.93. The third kappa shape index (κ3) is 11.9. The van der Waals surface area contributed by atoms with Crippen LogP contribution >= 0.6 is 11.8 Å². The van der Waals surface area contributed by atoms with Crippen molar-refractivity contribution in [3.63, 3.8) is 0 Å². The molecule has 0 aromatic heterocycles. The molecule has 0 aromatic rings. The fourth-order valence-corrected chi connectivity index (χ4v) is 0.828. The molecule has 58 valence electrons. The van der Waals surface area contributed by atoms with Crippen LogP contribution in [-0.2, 0) is 0 Å². The molecule has 0 aliphatic heterocycles. The number of likely N-dealkylation sites (N-methyl/N-ethyl adjacent to an activating group) is 1. The molecule has 0 radical (unpaired) electrons. The molecule has 0 saturated heterocycles. The largest absolute Gasteiger partial charge is 1.00 e. The summed E-state index contributed by atoms with van der Waals surface area (Å²) in [6.07, 6.45) is -0.317. The molecule has 1 N–H and O–H groups in total. The van der Waals surface area contributed by atoms with Crippen LogP contribution in [0.2, 0.25) is 0 Å². The summed E-state index contributed by atoms with van der Waals surface area (Å²) in [5.74, 6) is 0. The maximum Gasteiger partial charge on any atom is 0.164 e. The summed E-state index contributed by atoms with van der Waals surface area (Å²) < 4.78 is 0.303. The Morgan fingerprint density at radius 3 is 1.89 bits per heavy atom. The minimum absolute atomic E-state index is 0. The quantitative estimate of drug-likeness (QED) is 0.463. The van der Waals surface area contributed by atoms with Crippen molar-refractivity contribution < 1.29 is 21.5 Å². The van der Waals surface area contributed by atoms with E-state index in [0.29, 0.717) is 10.5 Å². The normalized spacial score (nSPS) is 14.3. The van der Waals surface area contributed by atoms with Crippen LogP contribution < -0.4 is 12.4 Å². The number of halogens is 2. The molecule has 9 heavy (non-hydrogen) atoms. The first-order valence-corrected chi connectivity index (χ1v) is 2.96. The molecule has 4 heteroatoms. The highest BCUT2D eigenvalue weighted by molar-refractivity contribution is 6.06. The highest BCUT2D eigenvalue weighted by Crippen LogP contribution is 2.02. The monoisotopic (exact) mass is 173 g/mol. The summed E-state index contributed by atoms with van der Waals surface area (Å²) >= 11 is 5.71. The van der Waals surface area contributed by atoms with Gasteiger partial charge in [0.25, 0.3) is 0 Å². The van der Waals surface area contributed by atoms with Gasteiger partial charge in [-0.05, 0) is 6.92 Å². The lowest BCUT2D eigenvalue weighted by atomic mass is 10.4. The van der Waals surface area contributed by atoms with Gasteiger partial charge < -0.3 is 17.5 Å². The Labute approximate surface area is 67.5 Å². The maximum absolute atomic E-state index is 8.79. The van der Waals surface area contributed by atoms with Gasteiger partial charge in [0.2, 0.25) is 0 Å². The first kappa shape index (κ1) is 12.2. The van der Waals surface area contributed by atoms with Gasteiger partial charge in [-0.1, -0.05) is 0 Å². The Kier molecular flexibility index (Phi) is 5.88. The summed E-state index contributed by atoms with van der Waals surface area (Å²) in [5.41, 5.74) is 0. The van der Waals surface area contributed by atoms with E-state index in [0.717, 1.165) is 0 Å². The van der Waals surface area contributed by atoms with Crippen LogP contribution in [0.5, 0.6) is 0 Å². The molecule has 1 unspecified atom stereocenters. The highest BCUT2D eigenvalue weighted by atomic mass is 35.5. The molecule has 1 atom stereocenters. The van der Waals surface area contributed by atoms with Gasteiger partial charge in [-0.15, -0.1) is 0 Å². The third-order valence-corrected chi connectivity index (χ3v) is 0.836. The van der Waals surface area contributed by atoms with E-state index >= 15 is 0 Å². The second kappa shape index (κ2) is 4.34. The van der Waals surface area contributed by atoms with E-state index in [1.807, 2.05) is 14.1 Å². The number of aliphatic hydroxyl groups excluding tert-OH is 1. The molecule has 0 saturated carbocycles. The van der Waals surface area contributed by atoms with Crippen molar-refractivity contribution in [1.29, 1.82) is 0 Å². The molecule has 0 aromatic carbocycles. The Morgan fingerprint density at radius 1 is 1.56 bits per heavy atom. The Bertz CT molecular complexity index is 69.8. The summed E-state index contributed by atoms with van der Waals surface area (Å²) in [5, 5.41) is 8.79. The second-order valence-corrected chi connectivity index (χ2v) is 3.48. The van der Waals surface area contributed by atoms with Crippen LogP contribution in [0.1, 0.15) is 6.92 Å². The number of rotatable bonds is 2. The zero-order chi connectivity index (χ0) is 6.78. The Hall–Kier alpha value is 0.500. The molecule has 0 aliphatic carbocycles. The number of hydrogen-bond acceptors (Lipinski definition) is 1. The highest BCUT2D eigenvalue weighted by Gasteiger charge is 2.13. The van der Waals surface area contributed by atoms with Crippen LogP contribution in [-0.4, -0.2) is 35.9 Å². The van der Waals surface area contributed by atoms with Gasteiger partial charge in [0, 0.05) is 0 Å². The van der Waals surface area contributed by atoms with Crippen molar-refractivity contribution in [2.24, 2.45) is 0 Å². The van der Waals surface area contributed by atoms with Crippen molar-refractivity contribution in [3.8, 4) is 0 Å². The van der Waals surface area contributed by atoms with Crippen molar-refractivity contribution in [3.05, 3.63) is 0 Å². The van der Waals surface area contributed by atoms with Gasteiger partial charge in [-0.2, -0.15) is 0 Å². The SMILES string of the molecule is CC(O)C[N+](C)(C)Cl.[Cl-]. The molecule has 0 heterocycles. The Balaban J connectivity index is 0. The number of quaternary nitrogens is 1. The van der Waals surface area contributed by atoms with Crippen LogP contribution in [0.15, 0.2) is 0 Å². The van der Waals surface area contributed by atoms with Crippen LogP contribution in [0.3, 0.4) is 0 Å². The second-order valence-electron chi connectivity index (χ2n) is 2.57. The van der Waals surface area contributed by atoms with Gasteiger partial charge in [0.1, 0.15) is 12.6 Å². The van der Waals surface area contributed by atoms with Gasteiger partial charge in [-0.3, -0.25) is 0 Å². The summed E-state index contributed by atoms with van der Waals surface area (Å²) in [4.78, 5) is 0. The maximum atomic E-state index is 8.79. The summed E-state index contributed by atoms with van der Waals surface area (Å²) in [7, 11) is 3.66. The van der Waals surface area contributed by atoms with Crippen molar-refractivity contribution in [2.75, 3.05) is 20.6 Å². The van der Waals surface area contributed by atoms with E-state index in [2.05, 4.69) is 0 Å². The number of aliphatic hydroxyl groups is 1. The molecule has 0 fully saturated rings. The smallest absolute Gasteiger partial charge is 0.164 e. The minimum atomic E-state index is -0.317. The fourth-order valence-electron chi connectivity index (χ4n) is 0.628. The Morgan fingerprint density at radius 2 is 1.89 bits per heavy atom. The van der Waals surface area contributed by atoms with E-state index in [4.69, 9.17) is 16.9 Å². The van der Waals surface area contributed by atoms with Crippen molar-refractivity contribution in [2.45, 2.75) is 13.0 Å². The van der Waals surface area contributed by atoms with E-state index in [-0.39, 0.29) is 18.5 Å². The first-order valence-electron chi connectivity index (χ1n) is 2.62. The molecular weight excluding hydrogens is 161 g/mol. The van der Waals surface area contributed by atoms with Gasteiger partial charge in [0.05, 0.1) is 14.1 Å². The molecule has 0 bridgehead atoms. The minimum Gasteiger partial charge on any atom is -1.00 e. The molecule has 2 nitrogen and oxygen atoms in total. The van der Waals surface area contributed by atoms with Crippen molar-refractivity contribution in [1.82, 2.24) is 0 Å². The first-order chi connectivity index (χ1) is 3.42. The van der Waals surface area contributed by atoms with Gasteiger partial charge >= 0.3 is 0 Å². The number of hydrogen-bond donors (Lipinski definition) is 1. The van der Waals surface area contributed by atoms with Gasteiger partial charge in [0.15, 0.2) is 11.8 Å². The predicted octanol–water partition coefficient (Wildman–Crippen LogP) is -2.40. The average molecular weight is 174 g/mol. The molecule has 0 amide bonds. The standard InChI is InChI=1S/C5H13ClNO.ClH/c1-5(8)4-7(2,3)6;/h5,8H,4H2,1-3H3;1H/q+1;/p-1. The molecular formula is C5H13Cl2NO. The van der Waals surface area contributed by atoms with E-state index < -0.39 is 0 Å². The average Bonchev–Trinajstić information content (AvgIpc) is 1.21. The van der Waals surface area contributed by atoms with Gasteiger partial charge in [-0.25, -0.2) is 4.00 Å². The van der Waals surface area contributed by atoms with E-state index in [1.54, 1.807) is 6.92 Å². The van der Waals surface area contributed by atoms with Crippen LogP contribution in [0.4, 0.5) is 0 Å². The van der Waals surface area contributed by atoms with Crippen LogP contribution in [0, 0.1) is 0 Å². The summed E-state index contributed by atoms with van der Waals surface area (Å²) in [6, 6.07) is 0. The summed E-state index contributed by atoms with van der Waals surface area (Å²) in [6.45, 7) is 2.31. The predicted molar refractivity (Wildman–Crippen MR) is 34.5 cm³/mol. The van der Waals surface area contributed by atoms with Crippen LogP contribution in [0.25, 0.3) is 0 Å². The van der Waals surface area contributed by atoms with Crippen molar-refractivity contribution >= 4 is 11.8 Å².